The van der Waals surface area contributed by atoms with Crippen molar-refractivity contribution < 1.29 is 14.3 Å². The van der Waals surface area contributed by atoms with Gasteiger partial charge in [-0.1, -0.05) is 25.5 Å². The summed E-state index contributed by atoms with van der Waals surface area (Å²) >= 11 is 0. The number of aryl methyl sites for hydroxylation is 2. The number of hydrogen-bond acceptors (Lipinski definition) is 4. The number of carbonyl (C=O) groups is 2. The van der Waals surface area contributed by atoms with E-state index in [0.29, 0.717) is 49.9 Å². The molecule has 2 aliphatic heterocycles. The molecule has 30 heavy (non-hydrogen) atoms. The smallest absolute Gasteiger partial charge is 0.257 e. The molecule has 2 amide bonds. The van der Waals surface area contributed by atoms with Gasteiger partial charge in [0.1, 0.15) is 0 Å². The van der Waals surface area contributed by atoms with Gasteiger partial charge in [-0.15, -0.1) is 0 Å². The molecule has 160 valence electrons. The van der Waals surface area contributed by atoms with Crippen LogP contribution < -0.4 is 5.32 Å². The highest BCUT2D eigenvalue weighted by molar-refractivity contribution is 5.95. The Bertz CT molecular complexity index is 884. The number of fused-ring (bicyclic) bond motifs is 1. The number of benzene rings is 1. The van der Waals surface area contributed by atoms with Crippen molar-refractivity contribution in [3.8, 4) is 0 Å². The fraction of sp³-hybridized carbons (Fsp3) is 0.522. The summed E-state index contributed by atoms with van der Waals surface area (Å²) in [5.41, 5.74) is 3.63. The first-order valence-corrected chi connectivity index (χ1v) is 10.9. The highest BCUT2D eigenvalue weighted by Crippen LogP contribution is 2.24. The molecule has 0 radical (unpaired) electrons. The van der Waals surface area contributed by atoms with Crippen LogP contribution in [0.15, 0.2) is 30.5 Å². The van der Waals surface area contributed by atoms with Crippen LogP contribution in [0.1, 0.15) is 51.7 Å². The third-order valence-electron chi connectivity index (χ3n) is 6.01. The second kappa shape index (κ2) is 9.43. The van der Waals surface area contributed by atoms with Gasteiger partial charge in [0.05, 0.1) is 30.7 Å². The van der Waals surface area contributed by atoms with E-state index in [0.717, 1.165) is 37.9 Å². The van der Waals surface area contributed by atoms with Crippen LogP contribution in [0, 0.1) is 5.92 Å². The van der Waals surface area contributed by atoms with Crippen LogP contribution in [0.3, 0.4) is 0 Å². The van der Waals surface area contributed by atoms with Gasteiger partial charge in [0.15, 0.2) is 0 Å². The van der Waals surface area contributed by atoms with Gasteiger partial charge in [-0.05, 0) is 42.9 Å². The number of nitrogens with zero attached hydrogens (tertiary/aromatic N) is 3. The lowest BCUT2D eigenvalue weighted by molar-refractivity contribution is 0.0301. The summed E-state index contributed by atoms with van der Waals surface area (Å²) in [6, 6.07) is 7.85. The number of nitrogens with one attached hydrogen (secondary N) is 1. The zero-order chi connectivity index (χ0) is 20.9. The van der Waals surface area contributed by atoms with E-state index in [1.165, 1.54) is 5.56 Å². The van der Waals surface area contributed by atoms with Gasteiger partial charge in [0.2, 0.25) is 0 Å². The average molecular weight is 411 g/mol. The van der Waals surface area contributed by atoms with Crippen molar-refractivity contribution in [1.82, 2.24) is 20.0 Å². The Balaban J connectivity index is 1.35. The Morgan fingerprint density at radius 1 is 1.17 bits per heavy atom. The Morgan fingerprint density at radius 2 is 1.93 bits per heavy atom. The molecule has 4 rings (SSSR count). The minimum absolute atomic E-state index is 0.0383. The first-order chi connectivity index (χ1) is 14.7. The van der Waals surface area contributed by atoms with Gasteiger partial charge in [-0.2, -0.15) is 5.10 Å². The van der Waals surface area contributed by atoms with E-state index in [1.54, 1.807) is 6.20 Å². The molecule has 1 saturated heterocycles. The van der Waals surface area contributed by atoms with Gasteiger partial charge < -0.3 is 15.0 Å². The number of amides is 2. The third kappa shape index (κ3) is 4.56. The maximum absolute atomic E-state index is 12.9. The molecule has 1 fully saturated rings. The first-order valence-electron chi connectivity index (χ1n) is 10.9. The maximum Gasteiger partial charge on any atom is 0.257 e. The summed E-state index contributed by atoms with van der Waals surface area (Å²) in [6.07, 6.45) is 5.52. The van der Waals surface area contributed by atoms with Crippen molar-refractivity contribution in [2.75, 3.05) is 32.8 Å². The van der Waals surface area contributed by atoms with Crippen LogP contribution in [0.5, 0.6) is 0 Å². The molecule has 2 aromatic rings. The predicted octanol–water partition coefficient (Wildman–Crippen LogP) is 2.30. The molecule has 0 aliphatic carbocycles. The Kier molecular flexibility index (Phi) is 6.47. The number of hydrogen-bond donors (Lipinski definition) is 1. The standard InChI is InChI=1S/C23H30N4O3/c1-2-3-17-4-6-19(7-5-17)22(28)24-15-18-8-9-27-21(14-18)20(16-25-27)23(29)26-10-12-30-13-11-26/h4-7,16,18H,2-3,8-15H2,1H3,(H,24,28)/t18-/m1/s1. The molecule has 2 aliphatic rings. The fourth-order valence-corrected chi connectivity index (χ4v) is 4.24. The number of aromatic nitrogens is 2. The van der Waals surface area contributed by atoms with Gasteiger partial charge in [0.25, 0.3) is 11.8 Å². The first kappa shape index (κ1) is 20.6. The molecular formula is C23H30N4O3. The van der Waals surface area contributed by atoms with E-state index < -0.39 is 0 Å². The van der Waals surface area contributed by atoms with Crippen LogP contribution in [0.4, 0.5) is 0 Å². The van der Waals surface area contributed by atoms with E-state index in [9.17, 15) is 9.59 Å². The molecule has 3 heterocycles. The highest BCUT2D eigenvalue weighted by atomic mass is 16.5. The molecule has 0 spiro atoms. The molecule has 7 nitrogen and oxygen atoms in total. The van der Waals surface area contributed by atoms with Crippen LogP contribution in [0.2, 0.25) is 0 Å². The van der Waals surface area contributed by atoms with Crippen molar-refractivity contribution in [2.45, 2.75) is 39.2 Å². The molecule has 0 saturated carbocycles. The van der Waals surface area contributed by atoms with Gasteiger partial charge in [0, 0.05) is 31.7 Å². The molecule has 0 unspecified atom stereocenters. The summed E-state index contributed by atoms with van der Waals surface area (Å²) in [5, 5.41) is 7.50. The molecular weight excluding hydrogens is 380 g/mol. The van der Waals surface area contributed by atoms with Crippen LogP contribution in [0.25, 0.3) is 0 Å². The molecule has 1 atom stereocenters. The van der Waals surface area contributed by atoms with Gasteiger partial charge in [-0.25, -0.2) is 0 Å². The van der Waals surface area contributed by atoms with E-state index in [1.807, 2.05) is 33.8 Å². The summed E-state index contributed by atoms with van der Waals surface area (Å²) in [7, 11) is 0. The molecule has 0 bridgehead atoms. The van der Waals surface area contributed by atoms with Crippen molar-refractivity contribution in [3.05, 3.63) is 52.8 Å². The van der Waals surface area contributed by atoms with Crippen molar-refractivity contribution in [2.24, 2.45) is 5.92 Å². The molecule has 7 heteroatoms. The normalized spacial score (nSPS) is 18.7. The Hall–Kier alpha value is -2.67. The van der Waals surface area contributed by atoms with Crippen molar-refractivity contribution >= 4 is 11.8 Å². The Morgan fingerprint density at radius 3 is 2.67 bits per heavy atom. The van der Waals surface area contributed by atoms with E-state index in [2.05, 4.69) is 17.3 Å². The van der Waals surface area contributed by atoms with Crippen LogP contribution in [-0.2, 0) is 24.1 Å². The summed E-state index contributed by atoms with van der Waals surface area (Å²) < 4.78 is 7.29. The summed E-state index contributed by atoms with van der Waals surface area (Å²) in [4.78, 5) is 27.3. The van der Waals surface area contributed by atoms with E-state index in [4.69, 9.17) is 4.74 Å². The molecule has 1 aromatic heterocycles. The minimum atomic E-state index is -0.0400. The maximum atomic E-state index is 12.9. The van der Waals surface area contributed by atoms with Crippen LogP contribution >= 0.6 is 0 Å². The molecule has 1 N–H and O–H groups in total. The number of rotatable bonds is 6. The third-order valence-corrected chi connectivity index (χ3v) is 6.01. The number of morpholine rings is 1. The Labute approximate surface area is 177 Å². The van der Waals surface area contributed by atoms with Crippen molar-refractivity contribution in [3.63, 3.8) is 0 Å². The summed E-state index contributed by atoms with van der Waals surface area (Å²) in [6.45, 7) is 5.95. The topological polar surface area (TPSA) is 76.5 Å². The largest absolute Gasteiger partial charge is 0.378 e. The zero-order valence-electron chi connectivity index (χ0n) is 17.6. The quantitative estimate of drug-likeness (QED) is 0.793. The number of ether oxygens (including phenoxy) is 1. The fourth-order valence-electron chi connectivity index (χ4n) is 4.24. The lowest BCUT2D eigenvalue weighted by Crippen LogP contribution is -2.41. The predicted molar refractivity (Wildman–Crippen MR) is 114 cm³/mol. The zero-order valence-corrected chi connectivity index (χ0v) is 17.6. The van der Waals surface area contributed by atoms with E-state index >= 15 is 0 Å². The summed E-state index contributed by atoms with van der Waals surface area (Å²) in [5.74, 6) is 0.298. The lowest BCUT2D eigenvalue weighted by atomic mass is 9.94. The van der Waals surface area contributed by atoms with Crippen LogP contribution in [-0.4, -0.2) is 59.3 Å². The van der Waals surface area contributed by atoms with Crippen molar-refractivity contribution in [1.29, 1.82) is 0 Å². The minimum Gasteiger partial charge on any atom is -0.378 e. The number of carbonyl (C=O) groups excluding carboxylic acids is 2. The second-order valence-electron chi connectivity index (χ2n) is 8.15. The monoisotopic (exact) mass is 410 g/mol. The highest BCUT2D eigenvalue weighted by Gasteiger charge is 2.28. The average Bonchev–Trinajstić information content (AvgIpc) is 3.21. The van der Waals surface area contributed by atoms with Gasteiger partial charge in [-0.3, -0.25) is 14.3 Å². The second-order valence-corrected chi connectivity index (χ2v) is 8.15. The lowest BCUT2D eigenvalue weighted by Gasteiger charge is -2.28. The van der Waals surface area contributed by atoms with E-state index in [-0.39, 0.29) is 11.8 Å². The molecule has 1 aromatic carbocycles. The SMILES string of the molecule is CCCc1ccc(C(=O)NC[C@@H]2CCn3ncc(C(=O)N4CCOCC4)c3C2)cc1. The van der Waals surface area contributed by atoms with Gasteiger partial charge >= 0.3 is 0 Å².